The van der Waals surface area contributed by atoms with Gasteiger partial charge in [-0.1, -0.05) is 21.1 Å². The minimum atomic E-state index is -0.623. The highest BCUT2D eigenvalue weighted by atomic mass is 79.9. The van der Waals surface area contributed by atoms with Crippen LogP contribution in [0.1, 0.15) is 15.9 Å². The molecule has 0 saturated heterocycles. The van der Waals surface area contributed by atoms with Crippen LogP contribution in [0.25, 0.3) is 0 Å². The lowest BCUT2D eigenvalue weighted by atomic mass is 10.2. The van der Waals surface area contributed by atoms with Gasteiger partial charge >= 0.3 is 5.97 Å². The zero-order chi connectivity index (χ0) is 14.5. The number of hydrogen-bond acceptors (Lipinski definition) is 3. The van der Waals surface area contributed by atoms with Crippen LogP contribution in [0, 0.1) is 5.82 Å². The van der Waals surface area contributed by atoms with Crippen molar-refractivity contribution in [2.75, 3.05) is 0 Å². The molecule has 2 aromatic rings. The third-order valence-corrected chi connectivity index (χ3v) is 2.98. The van der Waals surface area contributed by atoms with Gasteiger partial charge in [-0.25, -0.2) is 9.18 Å². The van der Waals surface area contributed by atoms with Crippen molar-refractivity contribution in [1.29, 1.82) is 0 Å². The van der Waals surface area contributed by atoms with E-state index in [0.29, 0.717) is 11.1 Å². The lowest BCUT2D eigenvalue weighted by molar-refractivity contribution is 0.0516. The molecule has 0 heterocycles. The molecule has 0 fully saturated rings. The SMILES string of the molecule is N/C(=N\OC(=O)c1ccc(Br)cc1)c1ccc(F)cc1. The van der Waals surface area contributed by atoms with Crippen LogP contribution in [0.15, 0.2) is 58.2 Å². The smallest absolute Gasteiger partial charge is 0.365 e. The molecule has 0 radical (unpaired) electrons. The van der Waals surface area contributed by atoms with Crippen molar-refractivity contribution >= 4 is 27.7 Å². The second-order valence-electron chi connectivity index (χ2n) is 3.87. The Kier molecular flexibility index (Phi) is 4.47. The van der Waals surface area contributed by atoms with E-state index in [9.17, 15) is 9.18 Å². The van der Waals surface area contributed by atoms with Crippen molar-refractivity contribution in [3.8, 4) is 0 Å². The van der Waals surface area contributed by atoms with Crippen molar-refractivity contribution < 1.29 is 14.0 Å². The highest BCUT2D eigenvalue weighted by Crippen LogP contribution is 2.11. The Hall–Kier alpha value is -2.21. The van der Waals surface area contributed by atoms with Gasteiger partial charge in [0, 0.05) is 10.0 Å². The summed E-state index contributed by atoms with van der Waals surface area (Å²) in [7, 11) is 0. The van der Waals surface area contributed by atoms with Crippen LogP contribution < -0.4 is 5.73 Å². The summed E-state index contributed by atoms with van der Waals surface area (Å²) < 4.78 is 13.6. The van der Waals surface area contributed by atoms with E-state index in [-0.39, 0.29) is 11.7 Å². The molecule has 6 heteroatoms. The third-order valence-electron chi connectivity index (χ3n) is 2.45. The second kappa shape index (κ2) is 6.29. The topological polar surface area (TPSA) is 64.7 Å². The van der Waals surface area contributed by atoms with Gasteiger partial charge in [0.05, 0.1) is 5.56 Å². The van der Waals surface area contributed by atoms with Crippen molar-refractivity contribution in [2.45, 2.75) is 0 Å². The van der Waals surface area contributed by atoms with Gasteiger partial charge in [-0.15, -0.1) is 0 Å². The minimum absolute atomic E-state index is 0.00420. The lowest BCUT2D eigenvalue weighted by Crippen LogP contribution is -2.15. The van der Waals surface area contributed by atoms with E-state index >= 15 is 0 Å². The summed E-state index contributed by atoms with van der Waals surface area (Å²) in [4.78, 5) is 16.4. The van der Waals surface area contributed by atoms with Gasteiger partial charge in [0.1, 0.15) is 5.82 Å². The van der Waals surface area contributed by atoms with E-state index in [2.05, 4.69) is 21.1 Å². The molecule has 2 N–H and O–H groups in total. The van der Waals surface area contributed by atoms with Crippen LogP contribution in [-0.2, 0) is 4.84 Å². The maximum atomic E-state index is 12.7. The summed E-state index contributed by atoms with van der Waals surface area (Å²) in [5, 5.41) is 3.53. The summed E-state index contributed by atoms with van der Waals surface area (Å²) in [6, 6.07) is 12.0. The van der Waals surface area contributed by atoms with E-state index in [1.807, 2.05) is 0 Å². The average Bonchev–Trinajstić information content (AvgIpc) is 2.46. The van der Waals surface area contributed by atoms with Crippen molar-refractivity contribution in [3.05, 3.63) is 69.9 Å². The monoisotopic (exact) mass is 336 g/mol. The molecule has 20 heavy (non-hydrogen) atoms. The van der Waals surface area contributed by atoms with E-state index < -0.39 is 5.97 Å². The van der Waals surface area contributed by atoms with Gasteiger partial charge in [-0.05, 0) is 48.5 Å². The zero-order valence-corrected chi connectivity index (χ0v) is 11.8. The Labute approximate surface area is 123 Å². The fourth-order valence-electron chi connectivity index (χ4n) is 1.40. The molecule has 0 aliphatic heterocycles. The molecule has 0 saturated carbocycles. The van der Waals surface area contributed by atoms with Crippen molar-refractivity contribution in [2.24, 2.45) is 10.9 Å². The van der Waals surface area contributed by atoms with Gasteiger partial charge < -0.3 is 10.6 Å². The molecule has 2 rings (SSSR count). The van der Waals surface area contributed by atoms with Crippen LogP contribution in [-0.4, -0.2) is 11.8 Å². The first-order valence-corrected chi connectivity index (χ1v) is 6.42. The van der Waals surface area contributed by atoms with Crippen LogP contribution in [0.2, 0.25) is 0 Å². The molecule has 102 valence electrons. The molecule has 0 aliphatic rings. The second-order valence-corrected chi connectivity index (χ2v) is 4.78. The Morgan fingerprint density at radius 1 is 1.05 bits per heavy atom. The standard InChI is InChI=1S/C14H10BrFN2O2/c15-11-5-1-10(2-6-11)14(19)20-18-13(17)9-3-7-12(16)8-4-9/h1-8H,(H2,17,18). The van der Waals surface area contributed by atoms with E-state index in [1.165, 1.54) is 24.3 Å². The first-order chi connectivity index (χ1) is 9.56. The zero-order valence-electron chi connectivity index (χ0n) is 10.2. The fraction of sp³-hybridized carbons (Fsp3) is 0. The summed E-state index contributed by atoms with van der Waals surface area (Å²) in [6.45, 7) is 0. The number of carbonyl (C=O) groups is 1. The highest BCUT2D eigenvalue weighted by molar-refractivity contribution is 9.10. The molecule has 0 bridgehead atoms. The molecular weight excluding hydrogens is 327 g/mol. The number of carbonyl (C=O) groups excluding carboxylic acids is 1. The summed E-state index contributed by atoms with van der Waals surface area (Å²) in [5.41, 5.74) is 6.46. The molecule has 0 spiro atoms. The minimum Gasteiger partial charge on any atom is -0.380 e. The van der Waals surface area contributed by atoms with E-state index in [1.54, 1.807) is 24.3 Å². The molecule has 0 aromatic heterocycles. The van der Waals surface area contributed by atoms with E-state index in [0.717, 1.165) is 4.47 Å². The van der Waals surface area contributed by atoms with Gasteiger partial charge in [0.15, 0.2) is 5.84 Å². The largest absolute Gasteiger partial charge is 0.380 e. The maximum Gasteiger partial charge on any atom is 0.365 e. The number of nitrogens with two attached hydrogens (primary N) is 1. The number of halogens is 2. The number of rotatable bonds is 3. The summed E-state index contributed by atoms with van der Waals surface area (Å²) in [6.07, 6.45) is 0. The average molecular weight is 337 g/mol. The number of hydrogen-bond donors (Lipinski definition) is 1. The molecule has 0 unspecified atom stereocenters. The normalized spacial score (nSPS) is 11.2. The number of amidine groups is 1. The molecular formula is C14H10BrFN2O2. The summed E-state index contributed by atoms with van der Waals surface area (Å²) >= 11 is 3.26. The molecule has 0 amide bonds. The summed E-state index contributed by atoms with van der Waals surface area (Å²) in [5.74, 6) is -1.01. The van der Waals surface area contributed by atoms with Gasteiger partial charge in [0.2, 0.25) is 0 Å². The quantitative estimate of drug-likeness (QED) is 0.405. The number of oxime groups is 1. The van der Waals surface area contributed by atoms with Crippen LogP contribution in [0.3, 0.4) is 0 Å². The lowest BCUT2D eigenvalue weighted by Gasteiger charge is -2.01. The van der Waals surface area contributed by atoms with Crippen molar-refractivity contribution in [3.63, 3.8) is 0 Å². The van der Waals surface area contributed by atoms with E-state index in [4.69, 9.17) is 10.6 Å². The fourth-order valence-corrected chi connectivity index (χ4v) is 1.67. The predicted molar refractivity (Wildman–Crippen MR) is 76.7 cm³/mol. The van der Waals surface area contributed by atoms with Gasteiger partial charge in [-0.3, -0.25) is 0 Å². The Balaban J connectivity index is 2.06. The van der Waals surface area contributed by atoms with Crippen LogP contribution in [0.4, 0.5) is 4.39 Å². The number of nitrogens with zero attached hydrogens (tertiary/aromatic N) is 1. The van der Waals surface area contributed by atoms with Crippen molar-refractivity contribution in [1.82, 2.24) is 0 Å². The first kappa shape index (κ1) is 14.2. The molecule has 2 aromatic carbocycles. The van der Waals surface area contributed by atoms with Gasteiger partial charge in [-0.2, -0.15) is 0 Å². The molecule has 0 aliphatic carbocycles. The third kappa shape index (κ3) is 3.64. The highest BCUT2D eigenvalue weighted by Gasteiger charge is 2.07. The van der Waals surface area contributed by atoms with Crippen LogP contribution >= 0.6 is 15.9 Å². The first-order valence-electron chi connectivity index (χ1n) is 5.62. The molecule has 4 nitrogen and oxygen atoms in total. The van der Waals surface area contributed by atoms with Gasteiger partial charge in [0.25, 0.3) is 0 Å². The Morgan fingerprint density at radius 3 is 2.20 bits per heavy atom. The Bertz CT molecular complexity index is 639. The number of benzene rings is 2. The predicted octanol–water partition coefficient (Wildman–Crippen LogP) is 3.07. The van der Waals surface area contributed by atoms with Crippen LogP contribution in [0.5, 0.6) is 0 Å². The maximum absolute atomic E-state index is 12.7. The Morgan fingerprint density at radius 2 is 1.60 bits per heavy atom. The molecule has 0 atom stereocenters.